The van der Waals surface area contributed by atoms with Crippen LogP contribution in [0.25, 0.3) is 38.7 Å². The average molecular weight is 1030 g/mol. The molecule has 1 fully saturated rings. The number of hydrogen-bond donors (Lipinski definition) is 5. The number of halogens is 2. The number of esters is 1. The molecule has 0 spiro atoms. The number of anilines is 2. The monoisotopic (exact) mass is 1030 g/mol. The molecule has 11 atom stereocenters. The zero-order valence-corrected chi connectivity index (χ0v) is 40.2. The molecule has 354 valence electrons. The molecule has 1 aromatic heterocycles. The summed E-state index contributed by atoms with van der Waals surface area (Å²) in [7, 11) is 1.43. The van der Waals surface area contributed by atoms with Crippen molar-refractivity contribution in [3.63, 3.8) is 0 Å². The molecule has 3 aliphatic rings. The summed E-state index contributed by atoms with van der Waals surface area (Å²) in [6.45, 7) is 13.0. The maximum atomic E-state index is 14.9. The fourth-order valence-electron chi connectivity index (χ4n) is 9.17. The van der Waals surface area contributed by atoms with Gasteiger partial charge in [-0.05, 0) is 26.3 Å². The molecule has 2 unspecified atom stereocenters. The number of piperidine rings is 1. The molecular formula is C48H55FIN3O13. The van der Waals surface area contributed by atoms with Crippen LogP contribution in [0.3, 0.4) is 0 Å². The second-order valence-corrected chi connectivity index (χ2v) is 19.4. The number of nitrogens with one attached hydrogen (secondary N) is 1. The molecule has 5 N–H and O–H groups in total. The molecular weight excluding hydrogens is 972 g/mol. The number of carbonyl (C=O) groups excluding carboxylic acids is 2. The molecule has 3 aliphatic heterocycles. The fourth-order valence-corrected chi connectivity index (χ4v) is 9.68. The van der Waals surface area contributed by atoms with E-state index in [4.69, 9.17) is 28.3 Å². The molecule has 4 aromatic rings. The summed E-state index contributed by atoms with van der Waals surface area (Å²) in [5.41, 5.74) is -2.21. The number of amides is 1. The van der Waals surface area contributed by atoms with Gasteiger partial charge in [-0.15, -0.1) is 0 Å². The molecule has 1 saturated heterocycles. The van der Waals surface area contributed by atoms with Crippen molar-refractivity contribution in [2.45, 2.75) is 102 Å². The summed E-state index contributed by atoms with van der Waals surface area (Å²) in [5, 5.41) is 49.0. The maximum absolute atomic E-state index is 14.9. The van der Waals surface area contributed by atoms with E-state index in [1.165, 1.54) is 65.4 Å². The van der Waals surface area contributed by atoms with E-state index < -0.39 is 100.0 Å². The van der Waals surface area contributed by atoms with E-state index in [-0.39, 0.29) is 65.5 Å². The Bertz CT molecular complexity index is 2880. The minimum absolute atomic E-state index is 0.0276. The number of aromatic nitrogens is 1. The minimum atomic E-state index is -2.01. The zero-order chi connectivity index (χ0) is 48.3. The van der Waals surface area contributed by atoms with E-state index in [0.29, 0.717) is 18.7 Å². The Morgan fingerprint density at radius 3 is 2.39 bits per heavy atom. The molecule has 0 aliphatic carbocycles. The van der Waals surface area contributed by atoms with Crippen LogP contribution in [-0.2, 0) is 23.8 Å². The molecule has 4 heterocycles. The normalized spacial score (nSPS) is 31.9. The predicted octanol–water partition coefficient (Wildman–Crippen LogP) is 5.91. The molecule has 1 amide bonds. The number of nitrogens with zero attached hydrogens (tertiary/aromatic N) is 2. The lowest BCUT2D eigenvalue weighted by molar-refractivity contribution is -0.160. The van der Waals surface area contributed by atoms with Gasteiger partial charge < -0.3 is 54.0 Å². The Labute approximate surface area is 392 Å². The molecule has 0 radical (unpaired) electrons. The summed E-state index contributed by atoms with van der Waals surface area (Å²) < 4.78 is 45.0. The second-order valence-electron chi connectivity index (χ2n) is 17.8. The number of alkyl halides is 2. The van der Waals surface area contributed by atoms with Crippen molar-refractivity contribution in [3.05, 3.63) is 79.5 Å². The van der Waals surface area contributed by atoms with Crippen LogP contribution in [0.1, 0.15) is 60.5 Å². The number of phenolic OH excluding ortho intramolecular Hbond substituents is 1. The van der Waals surface area contributed by atoms with Crippen molar-refractivity contribution in [1.29, 1.82) is 0 Å². The molecule has 7 rings (SSSR count). The first-order valence-corrected chi connectivity index (χ1v) is 23.0. The number of phenols is 1. The molecule has 18 heteroatoms. The third-order valence-electron chi connectivity index (χ3n) is 13.2. The van der Waals surface area contributed by atoms with E-state index in [1.807, 2.05) is 0 Å². The highest BCUT2D eigenvalue weighted by Gasteiger charge is 2.44. The van der Waals surface area contributed by atoms with Crippen LogP contribution < -0.4 is 31.0 Å². The van der Waals surface area contributed by atoms with Crippen LogP contribution in [0, 0.1) is 30.6 Å². The highest BCUT2D eigenvalue weighted by atomic mass is 127. The van der Waals surface area contributed by atoms with Crippen LogP contribution in [0.2, 0.25) is 0 Å². The molecule has 16 nitrogen and oxygen atoms in total. The van der Waals surface area contributed by atoms with Crippen molar-refractivity contribution in [2.75, 3.05) is 30.4 Å². The number of allylic oxidation sites excluding steroid dienone is 2. The number of aliphatic hydroxyl groups is 3. The number of rotatable bonds is 3. The van der Waals surface area contributed by atoms with Crippen LogP contribution >= 0.6 is 22.6 Å². The molecule has 3 aromatic carbocycles. The van der Waals surface area contributed by atoms with Gasteiger partial charge in [0, 0.05) is 89.4 Å². The van der Waals surface area contributed by atoms with Crippen LogP contribution in [-0.4, -0.2) is 97.8 Å². The van der Waals surface area contributed by atoms with Gasteiger partial charge in [0.2, 0.25) is 10.9 Å². The van der Waals surface area contributed by atoms with Crippen molar-refractivity contribution in [2.24, 2.45) is 23.7 Å². The zero-order valence-electron chi connectivity index (χ0n) is 38.0. The average Bonchev–Trinajstić information content (AvgIpc) is 3.54. The minimum Gasteiger partial charge on any atom is -0.507 e. The first-order valence-electron chi connectivity index (χ1n) is 21.8. The van der Waals surface area contributed by atoms with Gasteiger partial charge in [-0.25, -0.2) is 9.37 Å². The number of fused-ring (bicyclic) bond motifs is 2. The number of aliphatic hydroxyl groups excluding tert-OH is 3. The van der Waals surface area contributed by atoms with Gasteiger partial charge in [0.05, 0.1) is 41.7 Å². The standard InChI is InChI=1S/C48H55FIN3O13/c1-20-11-10-12-21(2)47(61)52-38-42(59)34-33(37-45(38)65-32-18-27(17-30(55)36(32)51-37)53-15-13-29(50)28(49)19-53)35-44(25(6)41(34)58)66-48(8,46(35)60)63-16-14-31(62-9)22(3)43(64-26(7)54)24(5)40(57)23(4)39(20)56/h10-12,14,16-18,20,22-24,28-29,31,39-40,43,56-58,60H,13,15,19H2,1-9H3,(H,52,61)/b11-10+,16-14+,21-12-/t20-,22+,23+,24+,28?,29?,31-,39-,40+,43+,48-/m0/s1. The van der Waals surface area contributed by atoms with E-state index in [0.717, 1.165) is 0 Å². The second kappa shape index (κ2) is 18.8. The number of hydrogen-bond acceptors (Lipinski definition) is 15. The van der Waals surface area contributed by atoms with Gasteiger partial charge in [0.1, 0.15) is 35.0 Å². The molecule has 4 bridgehead atoms. The first-order chi connectivity index (χ1) is 31.1. The smallest absolute Gasteiger partial charge is 0.307 e. The lowest BCUT2D eigenvalue weighted by atomic mass is 9.78. The Morgan fingerprint density at radius 2 is 1.73 bits per heavy atom. The summed E-state index contributed by atoms with van der Waals surface area (Å²) >= 11 is 2.07. The quantitative estimate of drug-likeness (QED) is 0.0529. The number of benzene rings is 3. The van der Waals surface area contributed by atoms with E-state index in [1.54, 1.807) is 44.7 Å². The molecule has 66 heavy (non-hydrogen) atoms. The van der Waals surface area contributed by atoms with Gasteiger partial charge >= 0.3 is 11.8 Å². The van der Waals surface area contributed by atoms with E-state index in [2.05, 4.69) is 27.9 Å². The first kappa shape index (κ1) is 48.6. The number of carbonyl (C=O) groups is 2. The van der Waals surface area contributed by atoms with Crippen molar-refractivity contribution < 1.29 is 57.8 Å². The van der Waals surface area contributed by atoms with E-state index >= 15 is 0 Å². The Balaban J connectivity index is 1.48. The van der Waals surface area contributed by atoms with Crippen molar-refractivity contribution in [3.8, 4) is 11.5 Å². The molecule has 0 saturated carbocycles. The summed E-state index contributed by atoms with van der Waals surface area (Å²) in [6, 6.07) is 2.83. The Morgan fingerprint density at radius 1 is 1.02 bits per heavy atom. The predicted molar refractivity (Wildman–Crippen MR) is 255 cm³/mol. The third kappa shape index (κ3) is 8.72. The highest BCUT2D eigenvalue weighted by molar-refractivity contribution is 14.1. The lowest BCUT2D eigenvalue weighted by Gasteiger charge is -2.38. The highest BCUT2D eigenvalue weighted by Crippen LogP contribution is 2.42. The van der Waals surface area contributed by atoms with Crippen LogP contribution in [0.4, 0.5) is 15.8 Å². The number of ether oxygens (including phenoxy) is 4. The van der Waals surface area contributed by atoms with Crippen LogP contribution in [0.15, 0.2) is 62.3 Å². The fraction of sp³-hybridized carbons (Fsp3) is 0.479. The third-order valence-corrected chi connectivity index (χ3v) is 14.6. The van der Waals surface area contributed by atoms with Gasteiger partial charge in [0.15, 0.2) is 22.4 Å². The van der Waals surface area contributed by atoms with Crippen LogP contribution in [0.5, 0.6) is 11.5 Å². The van der Waals surface area contributed by atoms with Crippen molar-refractivity contribution >= 4 is 84.6 Å². The van der Waals surface area contributed by atoms with E-state index in [9.17, 15) is 44.0 Å². The Kier molecular flexibility index (Phi) is 13.8. The van der Waals surface area contributed by atoms with Gasteiger partial charge in [0.25, 0.3) is 5.91 Å². The van der Waals surface area contributed by atoms with Gasteiger partial charge in [-0.3, -0.25) is 19.2 Å². The van der Waals surface area contributed by atoms with Crippen molar-refractivity contribution in [1.82, 2.24) is 4.98 Å². The SMILES string of the molecule is CO[C@H]1/C=C/O[C@@]2(C)Oc3c(C)c(O)c4c(=O)c(c5oc6cc(N7CCC(I)C(F)C7)cc(=O)c6nc5c4c3=C2O)NC(=O)/C(C)=C\C=C\[C@H](C)[C@H](O)[C@@H](C)[C@@H](O)[C@@H](C)[C@H](OC(C)=O)[C@@H]1C. The van der Waals surface area contributed by atoms with Gasteiger partial charge in [-0.1, -0.05) is 68.5 Å². The Hall–Kier alpha value is -5.31. The largest absolute Gasteiger partial charge is 0.507 e. The number of aromatic hydroxyl groups is 1. The summed E-state index contributed by atoms with van der Waals surface area (Å²) in [5.74, 6) is -7.17. The summed E-state index contributed by atoms with van der Waals surface area (Å²) in [6.07, 6.45) is 2.76. The number of methoxy groups -OCH3 is 1. The summed E-state index contributed by atoms with van der Waals surface area (Å²) in [4.78, 5) is 61.6. The topological polar surface area (TPSA) is 227 Å². The van der Waals surface area contributed by atoms with Gasteiger partial charge in [-0.2, -0.15) is 0 Å². The lowest BCUT2D eigenvalue weighted by Crippen LogP contribution is -2.46. The maximum Gasteiger partial charge on any atom is 0.307 e.